The van der Waals surface area contributed by atoms with Crippen molar-refractivity contribution < 1.29 is 27.6 Å². The molecule has 1 saturated heterocycles. The largest absolute Gasteiger partial charge is 0.416 e. The summed E-state index contributed by atoms with van der Waals surface area (Å²) < 4.78 is 39.5. The Morgan fingerprint density at radius 1 is 0.971 bits per heavy atom. The molecule has 1 atom stereocenters. The second-order valence-electron chi connectivity index (χ2n) is 9.11. The SMILES string of the molecule is O=C1Nc2ccc(-c3cccc(C(F)(F)F)c3)cc2C(=O)N2CCN(C(=O)C3CCCC3)CC12. The van der Waals surface area contributed by atoms with Crippen LogP contribution in [0.1, 0.15) is 41.6 Å². The summed E-state index contributed by atoms with van der Waals surface area (Å²) in [4.78, 5) is 42.4. The summed E-state index contributed by atoms with van der Waals surface area (Å²) in [5, 5.41) is 2.78. The van der Waals surface area contributed by atoms with Crippen LogP contribution in [0.2, 0.25) is 0 Å². The normalized spacial score (nSPS) is 21.1. The van der Waals surface area contributed by atoms with Gasteiger partial charge >= 0.3 is 6.18 Å². The minimum Gasteiger partial charge on any atom is -0.338 e. The predicted octanol–water partition coefficient (Wildman–Crippen LogP) is 4.17. The molecular formula is C25H24F3N3O3. The maximum Gasteiger partial charge on any atom is 0.416 e. The highest BCUT2D eigenvalue weighted by Crippen LogP contribution is 2.35. The van der Waals surface area contributed by atoms with Gasteiger partial charge in [-0.25, -0.2) is 0 Å². The summed E-state index contributed by atoms with van der Waals surface area (Å²) in [6.07, 6.45) is -0.698. The van der Waals surface area contributed by atoms with Gasteiger partial charge in [0.25, 0.3) is 5.91 Å². The minimum atomic E-state index is -4.48. The first kappa shape index (κ1) is 22.4. The van der Waals surface area contributed by atoms with Crippen molar-refractivity contribution in [1.82, 2.24) is 9.80 Å². The maximum absolute atomic E-state index is 13.4. The van der Waals surface area contributed by atoms with Gasteiger partial charge in [0, 0.05) is 19.0 Å². The van der Waals surface area contributed by atoms with E-state index in [0.717, 1.165) is 37.8 Å². The summed E-state index contributed by atoms with van der Waals surface area (Å²) >= 11 is 0. The second-order valence-corrected chi connectivity index (χ2v) is 9.11. The van der Waals surface area contributed by atoms with Gasteiger partial charge in [0.2, 0.25) is 11.8 Å². The number of rotatable bonds is 2. The Hall–Kier alpha value is -3.36. The third-order valence-corrected chi connectivity index (χ3v) is 6.99. The van der Waals surface area contributed by atoms with Gasteiger partial charge in [0.1, 0.15) is 6.04 Å². The van der Waals surface area contributed by atoms with Crippen LogP contribution in [0.25, 0.3) is 11.1 Å². The molecule has 1 unspecified atom stereocenters. The summed E-state index contributed by atoms with van der Waals surface area (Å²) in [7, 11) is 0. The zero-order valence-electron chi connectivity index (χ0n) is 18.4. The molecule has 178 valence electrons. The van der Waals surface area contributed by atoms with Crippen molar-refractivity contribution >= 4 is 23.4 Å². The van der Waals surface area contributed by atoms with Crippen LogP contribution in [0.15, 0.2) is 42.5 Å². The Balaban J connectivity index is 1.42. The first-order chi connectivity index (χ1) is 16.2. The first-order valence-corrected chi connectivity index (χ1v) is 11.4. The molecule has 0 spiro atoms. The van der Waals surface area contributed by atoms with E-state index in [1.165, 1.54) is 17.0 Å². The number of carbonyl (C=O) groups excluding carboxylic acids is 3. The molecule has 9 heteroatoms. The number of amides is 3. The van der Waals surface area contributed by atoms with Crippen molar-refractivity contribution in [3.05, 3.63) is 53.6 Å². The van der Waals surface area contributed by atoms with Crippen LogP contribution in [0, 0.1) is 5.92 Å². The van der Waals surface area contributed by atoms with Crippen molar-refractivity contribution in [3.63, 3.8) is 0 Å². The zero-order valence-corrected chi connectivity index (χ0v) is 18.4. The lowest BCUT2D eigenvalue weighted by Gasteiger charge is -2.40. The molecule has 3 amide bonds. The number of halogens is 3. The number of fused-ring (bicyclic) bond motifs is 2. The average molecular weight is 471 g/mol. The van der Waals surface area contributed by atoms with Gasteiger partial charge in [0.15, 0.2) is 0 Å². The number of alkyl halides is 3. The Kier molecular flexibility index (Phi) is 5.58. The number of hydrogen-bond acceptors (Lipinski definition) is 3. The average Bonchev–Trinajstić information content (AvgIpc) is 3.34. The van der Waals surface area contributed by atoms with Gasteiger partial charge in [0.05, 0.1) is 23.4 Å². The second kappa shape index (κ2) is 8.45. The Labute approximate surface area is 194 Å². The fourth-order valence-electron chi connectivity index (χ4n) is 5.14. The predicted molar refractivity (Wildman–Crippen MR) is 119 cm³/mol. The lowest BCUT2D eigenvalue weighted by Crippen LogP contribution is -2.60. The van der Waals surface area contributed by atoms with E-state index in [9.17, 15) is 27.6 Å². The van der Waals surface area contributed by atoms with Crippen molar-refractivity contribution in [3.8, 4) is 11.1 Å². The molecule has 2 heterocycles. The van der Waals surface area contributed by atoms with Gasteiger partial charge in [-0.15, -0.1) is 0 Å². The molecule has 2 aliphatic heterocycles. The summed E-state index contributed by atoms with van der Waals surface area (Å²) in [6.45, 7) is 0.720. The van der Waals surface area contributed by atoms with Gasteiger partial charge in [-0.3, -0.25) is 14.4 Å². The Morgan fingerprint density at radius 3 is 2.44 bits per heavy atom. The third kappa shape index (κ3) is 4.03. The highest BCUT2D eigenvalue weighted by molar-refractivity contribution is 6.10. The van der Waals surface area contributed by atoms with E-state index < -0.39 is 17.8 Å². The molecule has 34 heavy (non-hydrogen) atoms. The van der Waals surface area contributed by atoms with Gasteiger partial charge < -0.3 is 15.1 Å². The summed E-state index contributed by atoms with van der Waals surface area (Å²) in [5.41, 5.74) is 0.531. The topological polar surface area (TPSA) is 69.7 Å². The van der Waals surface area contributed by atoms with Crippen LogP contribution in [0.4, 0.5) is 18.9 Å². The number of anilines is 1. The smallest absolute Gasteiger partial charge is 0.338 e. The molecule has 1 aliphatic carbocycles. The molecule has 6 nitrogen and oxygen atoms in total. The molecule has 1 saturated carbocycles. The van der Waals surface area contributed by atoms with Crippen molar-refractivity contribution in [1.29, 1.82) is 0 Å². The molecule has 2 aromatic rings. The van der Waals surface area contributed by atoms with Crippen molar-refractivity contribution in [2.45, 2.75) is 37.9 Å². The molecule has 2 aromatic carbocycles. The zero-order chi connectivity index (χ0) is 24.0. The number of hydrogen-bond donors (Lipinski definition) is 1. The molecule has 0 aromatic heterocycles. The van der Waals surface area contributed by atoms with E-state index in [1.807, 2.05) is 0 Å². The lowest BCUT2D eigenvalue weighted by molar-refractivity contribution is -0.139. The van der Waals surface area contributed by atoms with E-state index in [1.54, 1.807) is 23.1 Å². The summed E-state index contributed by atoms with van der Waals surface area (Å²) in [6, 6.07) is 8.74. The van der Waals surface area contributed by atoms with E-state index in [-0.39, 0.29) is 42.3 Å². The van der Waals surface area contributed by atoms with Crippen LogP contribution in [0.3, 0.4) is 0 Å². The quantitative estimate of drug-likeness (QED) is 0.715. The lowest BCUT2D eigenvalue weighted by atomic mass is 9.99. The third-order valence-electron chi connectivity index (χ3n) is 6.99. The van der Waals surface area contributed by atoms with E-state index in [4.69, 9.17) is 0 Å². The van der Waals surface area contributed by atoms with E-state index in [2.05, 4.69) is 5.32 Å². The molecule has 1 N–H and O–H groups in total. The fourth-order valence-corrected chi connectivity index (χ4v) is 5.14. The van der Waals surface area contributed by atoms with Crippen LogP contribution in [-0.4, -0.2) is 53.2 Å². The molecule has 0 radical (unpaired) electrons. The molecule has 2 fully saturated rings. The van der Waals surface area contributed by atoms with Crippen LogP contribution >= 0.6 is 0 Å². The monoisotopic (exact) mass is 471 g/mol. The van der Waals surface area contributed by atoms with E-state index >= 15 is 0 Å². The van der Waals surface area contributed by atoms with Gasteiger partial charge in [-0.2, -0.15) is 13.2 Å². The fraction of sp³-hybridized carbons (Fsp3) is 0.400. The van der Waals surface area contributed by atoms with Gasteiger partial charge in [-0.05, 0) is 48.2 Å². The van der Waals surface area contributed by atoms with E-state index in [0.29, 0.717) is 23.4 Å². The number of nitrogens with one attached hydrogen (secondary N) is 1. The van der Waals surface area contributed by atoms with Crippen LogP contribution in [0.5, 0.6) is 0 Å². The minimum absolute atomic E-state index is 0.0108. The summed E-state index contributed by atoms with van der Waals surface area (Å²) in [5.74, 6) is -0.711. The Morgan fingerprint density at radius 2 is 1.71 bits per heavy atom. The van der Waals surface area contributed by atoms with Gasteiger partial charge in [-0.1, -0.05) is 31.0 Å². The standard InChI is InChI=1S/C25H24F3N3O3/c26-25(27,28)18-7-3-6-16(12-18)17-8-9-20-19(13-17)24(34)31-11-10-30(14-21(31)22(32)29-20)23(33)15-4-1-2-5-15/h3,6-9,12-13,15,21H,1-2,4-5,10-11,14H2,(H,29,32). The molecule has 5 rings (SSSR count). The van der Waals surface area contributed by atoms with Crippen LogP contribution < -0.4 is 5.32 Å². The van der Waals surface area contributed by atoms with Crippen molar-refractivity contribution in [2.75, 3.05) is 25.0 Å². The number of nitrogens with zero attached hydrogens (tertiary/aromatic N) is 2. The van der Waals surface area contributed by atoms with Crippen molar-refractivity contribution in [2.24, 2.45) is 5.92 Å². The van der Waals surface area contributed by atoms with Crippen LogP contribution in [-0.2, 0) is 15.8 Å². The Bertz CT molecular complexity index is 1160. The highest BCUT2D eigenvalue weighted by Gasteiger charge is 2.41. The molecule has 3 aliphatic rings. The molecular weight excluding hydrogens is 447 g/mol. The first-order valence-electron chi connectivity index (χ1n) is 11.4. The number of benzene rings is 2. The maximum atomic E-state index is 13.4. The highest BCUT2D eigenvalue weighted by atomic mass is 19.4. The molecule has 0 bridgehead atoms. The number of piperazine rings is 1. The number of carbonyl (C=O) groups is 3.